The van der Waals surface area contributed by atoms with Crippen molar-refractivity contribution in [2.45, 2.75) is 13.0 Å². The number of ether oxygens (including phenoxy) is 1. The lowest BCUT2D eigenvalue weighted by molar-refractivity contribution is -0.114. The maximum atomic E-state index is 13.1. The number of halogens is 1. The number of β-amino-alcohol motifs (C(OH)–C–C–N with tert-alkyl or cyclic N) is 1. The average molecular weight is 387 g/mol. The van der Waals surface area contributed by atoms with Gasteiger partial charge in [-0.1, -0.05) is 12.1 Å². The van der Waals surface area contributed by atoms with Crippen molar-refractivity contribution in [3.05, 3.63) is 54.3 Å². The molecule has 28 heavy (non-hydrogen) atoms. The number of carbonyl (C=O) groups excluding carboxylic acids is 1. The summed E-state index contributed by atoms with van der Waals surface area (Å²) in [5, 5.41) is 13.1. The minimum Gasteiger partial charge on any atom is -0.489 e. The number of para-hydroxylation sites is 2. The van der Waals surface area contributed by atoms with Crippen molar-refractivity contribution in [2.24, 2.45) is 0 Å². The van der Waals surface area contributed by atoms with Crippen LogP contribution in [0.15, 0.2) is 48.5 Å². The van der Waals surface area contributed by atoms with Crippen LogP contribution in [0.1, 0.15) is 6.92 Å². The molecule has 150 valence electrons. The Bertz CT molecular complexity index is 777. The van der Waals surface area contributed by atoms with Gasteiger partial charge in [0.15, 0.2) is 0 Å². The van der Waals surface area contributed by atoms with Crippen LogP contribution in [0, 0.1) is 5.82 Å². The van der Waals surface area contributed by atoms with E-state index in [0.717, 1.165) is 31.9 Å². The number of aliphatic hydroxyl groups is 1. The van der Waals surface area contributed by atoms with E-state index in [1.807, 2.05) is 12.1 Å². The summed E-state index contributed by atoms with van der Waals surface area (Å²) in [6.45, 7) is 5.38. The molecule has 0 aliphatic carbocycles. The fraction of sp³-hybridized carbons (Fsp3) is 0.381. The molecule has 1 atom stereocenters. The smallest absolute Gasteiger partial charge is 0.221 e. The lowest BCUT2D eigenvalue weighted by Gasteiger charge is -2.36. The van der Waals surface area contributed by atoms with Crippen LogP contribution in [-0.4, -0.2) is 61.3 Å². The molecule has 0 saturated carbocycles. The minimum absolute atomic E-state index is 0.148. The van der Waals surface area contributed by atoms with Crippen molar-refractivity contribution in [1.82, 2.24) is 4.90 Å². The number of hydrogen-bond acceptors (Lipinski definition) is 5. The molecular formula is C21H26FN3O3. The van der Waals surface area contributed by atoms with E-state index < -0.39 is 6.10 Å². The third-order valence-corrected chi connectivity index (χ3v) is 4.66. The molecule has 3 rings (SSSR count). The molecule has 1 aliphatic heterocycles. The number of rotatable bonds is 7. The van der Waals surface area contributed by atoms with Crippen LogP contribution < -0.4 is 15.0 Å². The Morgan fingerprint density at radius 1 is 1.14 bits per heavy atom. The van der Waals surface area contributed by atoms with Crippen LogP contribution in [0.3, 0.4) is 0 Å². The Kier molecular flexibility index (Phi) is 6.84. The summed E-state index contributed by atoms with van der Waals surface area (Å²) in [6.07, 6.45) is -0.636. The minimum atomic E-state index is -0.636. The van der Waals surface area contributed by atoms with Crippen molar-refractivity contribution < 1.29 is 19.0 Å². The molecule has 2 N–H and O–H groups in total. The summed E-state index contributed by atoms with van der Waals surface area (Å²) in [6, 6.07) is 13.7. The fourth-order valence-corrected chi connectivity index (χ4v) is 3.26. The van der Waals surface area contributed by atoms with Crippen molar-refractivity contribution in [2.75, 3.05) is 49.5 Å². The topological polar surface area (TPSA) is 65.0 Å². The first kappa shape index (κ1) is 20.1. The van der Waals surface area contributed by atoms with Gasteiger partial charge in [-0.05, 0) is 36.4 Å². The van der Waals surface area contributed by atoms with Gasteiger partial charge in [0.05, 0.1) is 5.69 Å². The molecule has 1 saturated heterocycles. The summed E-state index contributed by atoms with van der Waals surface area (Å²) in [4.78, 5) is 15.7. The Morgan fingerprint density at radius 2 is 1.82 bits per heavy atom. The number of piperazine rings is 1. The second kappa shape index (κ2) is 9.52. The van der Waals surface area contributed by atoms with E-state index in [9.17, 15) is 14.3 Å². The van der Waals surface area contributed by atoms with Gasteiger partial charge in [0.25, 0.3) is 0 Å². The summed E-state index contributed by atoms with van der Waals surface area (Å²) >= 11 is 0. The molecule has 1 unspecified atom stereocenters. The Labute approximate surface area is 164 Å². The number of anilines is 2. The lowest BCUT2D eigenvalue weighted by atomic mass is 10.2. The van der Waals surface area contributed by atoms with Gasteiger partial charge in [-0.2, -0.15) is 0 Å². The van der Waals surface area contributed by atoms with Crippen molar-refractivity contribution in [3.8, 4) is 5.75 Å². The molecule has 1 aliphatic rings. The van der Waals surface area contributed by atoms with E-state index in [4.69, 9.17) is 4.74 Å². The summed E-state index contributed by atoms with van der Waals surface area (Å²) < 4.78 is 18.8. The number of carbonyl (C=O) groups is 1. The summed E-state index contributed by atoms with van der Waals surface area (Å²) in [7, 11) is 0. The van der Waals surface area contributed by atoms with Crippen LogP contribution in [-0.2, 0) is 4.79 Å². The first-order chi connectivity index (χ1) is 13.5. The van der Waals surface area contributed by atoms with Crippen molar-refractivity contribution in [3.63, 3.8) is 0 Å². The van der Waals surface area contributed by atoms with E-state index in [2.05, 4.69) is 15.1 Å². The second-order valence-electron chi connectivity index (χ2n) is 6.91. The monoisotopic (exact) mass is 387 g/mol. The van der Waals surface area contributed by atoms with Crippen molar-refractivity contribution in [1.29, 1.82) is 0 Å². The van der Waals surface area contributed by atoms with E-state index in [1.54, 1.807) is 24.3 Å². The molecule has 1 fully saturated rings. The largest absolute Gasteiger partial charge is 0.489 e. The second-order valence-corrected chi connectivity index (χ2v) is 6.91. The summed E-state index contributed by atoms with van der Waals surface area (Å²) in [5.74, 6) is 0.138. The Morgan fingerprint density at radius 3 is 2.50 bits per heavy atom. The molecule has 6 nitrogen and oxygen atoms in total. The maximum absolute atomic E-state index is 13.1. The van der Waals surface area contributed by atoms with Crippen LogP contribution >= 0.6 is 0 Å². The number of nitrogens with zero attached hydrogens (tertiary/aromatic N) is 2. The van der Waals surface area contributed by atoms with Gasteiger partial charge < -0.3 is 20.1 Å². The van der Waals surface area contributed by atoms with Crippen LogP contribution in [0.2, 0.25) is 0 Å². The normalized spacial score (nSPS) is 15.9. The van der Waals surface area contributed by atoms with Gasteiger partial charge in [-0.25, -0.2) is 4.39 Å². The third-order valence-electron chi connectivity index (χ3n) is 4.66. The van der Waals surface area contributed by atoms with Gasteiger partial charge in [0, 0.05) is 45.3 Å². The molecule has 0 radical (unpaired) electrons. The first-order valence-corrected chi connectivity index (χ1v) is 9.41. The van der Waals surface area contributed by atoms with Crippen molar-refractivity contribution >= 4 is 17.3 Å². The molecule has 7 heteroatoms. The summed E-state index contributed by atoms with van der Waals surface area (Å²) in [5.41, 5.74) is 1.61. The molecule has 2 aromatic rings. The predicted molar refractivity (Wildman–Crippen MR) is 107 cm³/mol. The van der Waals surface area contributed by atoms with Gasteiger partial charge in [0.2, 0.25) is 5.91 Å². The molecule has 0 spiro atoms. The van der Waals surface area contributed by atoms with Crippen LogP contribution in [0.25, 0.3) is 0 Å². The predicted octanol–water partition coefficient (Wildman–Crippen LogP) is 2.35. The molecule has 2 aromatic carbocycles. The number of benzene rings is 2. The maximum Gasteiger partial charge on any atom is 0.221 e. The molecule has 1 amide bonds. The zero-order valence-electron chi connectivity index (χ0n) is 16.0. The standard InChI is InChI=1S/C21H26FN3O3/c1-16(26)23-20-4-2-3-5-21(20)28-15-19(27)14-24-10-12-25(13-11-24)18-8-6-17(22)7-9-18/h2-9,19,27H,10-15H2,1H3,(H,23,26). The van der Waals surface area contributed by atoms with E-state index >= 15 is 0 Å². The number of nitrogens with one attached hydrogen (secondary N) is 1. The van der Waals surface area contributed by atoms with E-state index in [1.165, 1.54) is 19.1 Å². The molecule has 0 aromatic heterocycles. The highest BCUT2D eigenvalue weighted by Gasteiger charge is 2.20. The first-order valence-electron chi connectivity index (χ1n) is 9.41. The molecule has 0 bridgehead atoms. The van der Waals surface area contributed by atoms with Crippen LogP contribution in [0.5, 0.6) is 5.75 Å². The number of aliphatic hydroxyl groups excluding tert-OH is 1. The average Bonchev–Trinajstić information content (AvgIpc) is 2.68. The van der Waals surface area contributed by atoms with E-state index in [-0.39, 0.29) is 18.3 Å². The fourth-order valence-electron chi connectivity index (χ4n) is 3.26. The van der Waals surface area contributed by atoms with Gasteiger partial charge in [0.1, 0.15) is 24.3 Å². The highest BCUT2D eigenvalue weighted by molar-refractivity contribution is 5.90. The highest BCUT2D eigenvalue weighted by atomic mass is 19.1. The highest BCUT2D eigenvalue weighted by Crippen LogP contribution is 2.24. The van der Waals surface area contributed by atoms with Gasteiger partial charge in [-0.3, -0.25) is 9.69 Å². The van der Waals surface area contributed by atoms with E-state index in [0.29, 0.717) is 18.0 Å². The number of hydrogen-bond donors (Lipinski definition) is 2. The molecule has 1 heterocycles. The Hall–Kier alpha value is -2.64. The van der Waals surface area contributed by atoms with Gasteiger partial charge in [-0.15, -0.1) is 0 Å². The van der Waals surface area contributed by atoms with Gasteiger partial charge >= 0.3 is 0 Å². The molecular weight excluding hydrogens is 361 g/mol. The van der Waals surface area contributed by atoms with Crippen LogP contribution in [0.4, 0.5) is 15.8 Å². The zero-order valence-corrected chi connectivity index (χ0v) is 16.0. The SMILES string of the molecule is CC(=O)Nc1ccccc1OCC(O)CN1CCN(c2ccc(F)cc2)CC1. The Balaban J connectivity index is 1.44. The lowest BCUT2D eigenvalue weighted by Crippen LogP contribution is -2.49. The number of amides is 1. The zero-order chi connectivity index (χ0) is 19.9. The third kappa shape index (κ3) is 5.68. The quantitative estimate of drug-likeness (QED) is 0.764.